The molecule has 0 aliphatic heterocycles. The number of Topliss-reactive ketones (excluding diaryl/α,β-unsaturated/α-hetero) is 1. The molecule has 2 aromatic rings. The van der Waals surface area contributed by atoms with E-state index < -0.39 is 0 Å². The Balaban J connectivity index is 2.13. The molecule has 2 aromatic carbocycles. The van der Waals surface area contributed by atoms with Crippen LogP contribution >= 0.6 is 0 Å². The Morgan fingerprint density at radius 2 is 1.61 bits per heavy atom. The number of ketones is 1. The normalized spacial score (nSPS) is 9.33. The maximum atomic E-state index is 11.4. The van der Waals surface area contributed by atoms with Crippen LogP contribution in [0.25, 0.3) is 5.53 Å². The van der Waals surface area contributed by atoms with Crippen molar-refractivity contribution >= 4 is 12.0 Å². The van der Waals surface area contributed by atoms with E-state index >= 15 is 0 Å². The minimum atomic E-state index is -0.358. The molecule has 18 heavy (non-hydrogen) atoms. The third-order valence-electron chi connectivity index (χ3n) is 2.29. The predicted molar refractivity (Wildman–Crippen MR) is 67.0 cm³/mol. The van der Waals surface area contributed by atoms with E-state index in [-0.39, 0.29) is 5.78 Å². The molecule has 4 nitrogen and oxygen atoms in total. The fourth-order valence-electron chi connectivity index (χ4n) is 1.44. The van der Waals surface area contributed by atoms with Crippen LogP contribution in [-0.4, -0.2) is 16.8 Å². The number of hydrogen-bond donors (Lipinski definition) is 0. The van der Waals surface area contributed by atoms with E-state index in [4.69, 9.17) is 10.3 Å². The van der Waals surface area contributed by atoms with E-state index in [0.717, 1.165) is 12.0 Å². The van der Waals surface area contributed by atoms with Gasteiger partial charge in [-0.25, -0.2) is 0 Å². The maximum absolute atomic E-state index is 11.4. The van der Waals surface area contributed by atoms with E-state index in [1.165, 1.54) is 0 Å². The number of rotatable bonds is 4. The van der Waals surface area contributed by atoms with Crippen molar-refractivity contribution in [2.24, 2.45) is 0 Å². The summed E-state index contributed by atoms with van der Waals surface area (Å²) in [6.45, 7) is 0. The monoisotopic (exact) mass is 238 g/mol. The SMILES string of the molecule is [N-]=[N+]=CC(=O)c1ccc(Oc2ccccc2)cc1. The zero-order valence-corrected chi connectivity index (χ0v) is 9.48. The summed E-state index contributed by atoms with van der Waals surface area (Å²) in [4.78, 5) is 14.1. The molecule has 0 aliphatic rings. The molecule has 0 atom stereocenters. The molecule has 0 N–H and O–H groups in total. The van der Waals surface area contributed by atoms with Crippen LogP contribution in [0.2, 0.25) is 0 Å². The van der Waals surface area contributed by atoms with Gasteiger partial charge in [0.25, 0.3) is 5.78 Å². The van der Waals surface area contributed by atoms with Gasteiger partial charge in [-0.3, -0.25) is 4.79 Å². The van der Waals surface area contributed by atoms with Crippen LogP contribution in [0.15, 0.2) is 54.6 Å². The highest BCUT2D eigenvalue weighted by Gasteiger charge is 2.06. The van der Waals surface area contributed by atoms with Crippen LogP contribution in [0, 0.1) is 0 Å². The van der Waals surface area contributed by atoms with Gasteiger partial charge in [0.05, 0.1) is 0 Å². The summed E-state index contributed by atoms with van der Waals surface area (Å²) >= 11 is 0. The lowest BCUT2D eigenvalue weighted by Crippen LogP contribution is -2.00. The molecular weight excluding hydrogens is 228 g/mol. The highest BCUT2D eigenvalue weighted by atomic mass is 16.5. The quantitative estimate of drug-likeness (QED) is 0.356. The molecule has 0 bridgehead atoms. The van der Waals surface area contributed by atoms with Crippen LogP contribution in [-0.2, 0) is 0 Å². The average Bonchev–Trinajstić information content (AvgIpc) is 2.41. The molecule has 88 valence electrons. The van der Waals surface area contributed by atoms with Crippen molar-refractivity contribution in [1.82, 2.24) is 0 Å². The molecule has 4 heteroatoms. The van der Waals surface area contributed by atoms with Gasteiger partial charge in [-0.15, -0.1) is 0 Å². The Bertz CT molecular complexity index is 585. The van der Waals surface area contributed by atoms with Crippen molar-refractivity contribution in [2.45, 2.75) is 0 Å². The number of carbonyl (C=O) groups is 1. The molecule has 0 unspecified atom stereocenters. The lowest BCUT2D eigenvalue weighted by molar-refractivity contribution is 0.00234. The summed E-state index contributed by atoms with van der Waals surface area (Å²) in [5, 5.41) is 0. The summed E-state index contributed by atoms with van der Waals surface area (Å²) in [5.41, 5.74) is 8.71. The molecule has 0 fully saturated rings. The first-order valence-corrected chi connectivity index (χ1v) is 5.34. The number of para-hydroxylation sites is 1. The highest BCUT2D eigenvalue weighted by molar-refractivity contribution is 6.33. The summed E-state index contributed by atoms with van der Waals surface area (Å²) in [5.74, 6) is 1.01. The summed E-state index contributed by atoms with van der Waals surface area (Å²) in [6, 6.07) is 16.0. The van der Waals surface area contributed by atoms with Crippen LogP contribution in [0.1, 0.15) is 10.4 Å². The molecule has 0 heterocycles. The van der Waals surface area contributed by atoms with E-state index in [9.17, 15) is 4.79 Å². The van der Waals surface area contributed by atoms with Crippen LogP contribution in [0.4, 0.5) is 0 Å². The second kappa shape index (κ2) is 5.57. The van der Waals surface area contributed by atoms with Crippen molar-refractivity contribution in [3.05, 3.63) is 65.7 Å². The fourth-order valence-corrected chi connectivity index (χ4v) is 1.44. The zero-order chi connectivity index (χ0) is 12.8. The third kappa shape index (κ3) is 2.90. The third-order valence-corrected chi connectivity index (χ3v) is 2.29. The standard InChI is InChI=1S/C14H10N2O2/c15-16-10-14(17)11-6-8-13(9-7-11)18-12-4-2-1-3-5-12/h1-10H. The summed E-state index contributed by atoms with van der Waals surface area (Å²) in [6.07, 6.45) is 0.854. The largest absolute Gasteiger partial charge is 0.457 e. The van der Waals surface area contributed by atoms with Gasteiger partial charge in [-0.2, -0.15) is 4.79 Å². The Labute approximate surface area is 104 Å². The van der Waals surface area contributed by atoms with Gasteiger partial charge in [0.1, 0.15) is 11.5 Å². The van der Waals surface area contributed by atoms with E-state index in [0.29, 0.717) is 11.3 Å². The lowest BCUT2D eigenvalue weighted by atomic mass is 10.1. The van der Waals surface area contributed by atoms with Gasteiger partial charge < -0.3 is 10.3 Å². The molecule has 0 saturated heterocycles. The second-order valence-corrected chi connectivity index (χ2v) is 3.55. The summed E-state index contributed by atoms with van der Waals surface area (Å²) < 4.78 is 5.58. The van der Waals surface area contributed by atoms with Crippen LogP contribution in [0.3, 0.4) is 0 Å². The fraction of sp³-hybridized carbons (Fsp3) is 0. The molecule has 2 rings (SSSR count). The van der Waals surface area contributed by atoms with Gasteiger partial charge in [0, 0.05) is 5.56 Å². The minimum absolute atomic E-state index is 0.358. The van der Waals surface area contributed by atoms with E-state index in [1.54, 1.807) is 24.3 Å². The van der Waals surface area contributed by atoms with Crippen molar-refractivity contribution in [1.29, 1.82) is 0 Å². The Hall–Kier alpha value is -2.71. The topological polar surface area (TPSA) is 62.7 Å². The zero-order valence-electron chi connectivity index (χ0n) is 9.48. The van der Waals surface area contributed by atoms with Crippen molar-refractivity contribution in [3.63, 3.8) is 0 Å². The Morgan fingerprint density at radius 1 is 1.00 bits per heavy atom. The predicted octanol–water partition coefficient (Wildman–Crippen LogP) is 2.96. The molecule has 0 amide bonds. The molecule has 0 spiro atoms. The molecular formula is C14H10N2O2. The Morgan fingerprint density at radius 3 is 2.22 bits per heavy atom. The number of carbonyl (C=O) groups excluding carboxylic acids is 1. The van der Waals surface area contributed by atoms with E-state index in [2.05, 4.69) is 4.79 Å². The van der Waals surface area contributed by atoms with Crippen molar-refractivity contribution < 1.29 is 14.3 Å². The first-order chi connectivity index (χ1) is 8.79. The number of hydrogen-bond acceptors (Lipinski definition) is 2. The van der Waals surface area contributed by atoms with Crippen LogP contribution in [0.5, 0.6) is 11.5 Å². The molecule has 0 aliphatic carbocycles. The second-order valence-electron chi connectivity index (χ2n) is 3.55. The summed E-state index contributed by atoms with van der Waals surface area (Å²) in [7, 11) is 0. The molecule has 0 radical (unpaired) electrons. The van der Waals surface area contributed by atoms with Crippen molar-refractivity contribution in [3.8, 4) is 11.5 Å². The van der Waals surface area contributed by atoms with Crippen molar-refractivity contribution in [2.75, 3.05) is 0 Å². The minimum Gasteiger partial charge on any atom is -0.457 e. The highest BCUT2D eigenvalue weighted by Crippen LogP contribution is 2.20. The lowest BCUT2D eigenvalue weighted by Gasteiger charge is -2.05. The van der Waals surface area contributed by atoms with E-state index in [1.807, 2.05) is 30.3 Å². The number of benzene rings is 2. The number of nitrogens with zero attached hydrogens (tertiary/aromatic N) is 2. The number of ether oxygens (including phenoxy) is 1. The van der Waals surface area contributed by atoms with Gasteiger partial charge in [-0.1, -0.05) is 18.2 Å². The van der Waals surface area contributed by atoms with Gasteiger partial charge in [0.2, 0.25) is 0 Å². The molecule has 0 aromatic heterocycles. The Kier molecular flexibility index (Phi) is 3.64. The first kappa shape index (κ1) is 11.8. The average molecular weight is 238 g/mol. The first-order valence-electron chi connectivity index (χ1n) is 5.34. The van der Waals surface area contributed by atoms with Gasteiger partial charge in [-0.05, 0) is 36.4 Å². The van der Waals surface area contributed by atoms with Gasteiger partial charge in [0.15, 0.2) is 0 Å². The smallest absolute Gasteiger partial charge is 0.328 e. The van der Waals surface area contributed by atoms with Gasteiger partial charge >= 0.3 is 6.21 Å². The molecule has 0 saturated carbocycles. The maximum Gasteiger partial charge on any atom is 0.328 e. The van der Waals surface area contributed by atoms with Crippen LogP contribution < -0.4 is 4.74 Å².